The molecule has 4 heteroatoms. The fraction of sp³-hybridized carbons (Fsp3) is 0.300. The Morgan fingerprint density at radius 1 is 0.875 bits per heavy atom. The van der Waals surface area contributed by atoms with E-state index in [4.69, 9.17) is 0 Å². The summed E-state index contributed by atoms with van der Waals surface area (Å²) in [4.78, 5) is 26.2. The molecule has 0 saturated carbocycles. The highest BCUT2D eigenvalue weighted by atomic mass is 16.2. The van der Waals surface area contributed by atoms with E-state index in [0.717, 1.165) is 5.56 Å². The van der Waals surface area contributed by atoms with Crippen molar-refractivity contribution < 1.29 is 9.59 Å². The zero-order chi connectivity index (χ0) is 17.5. The Morgan fingerprint density at radius 3 is 1.96 bits per heavy atom. The van der Waals surface area contributed by atoms with Crippen LogP contribution in [-0.4, -0.2) is 29.8 Å². The summed E-state index contributed by atoms with van der Waals surface area (Å²) in [5.74, 6) is -0.149. The Morgan fingerprint density at radius 2 is 1.42 bits per heavy atom. The van der Waals surface area contributed by atoms with E-state index in [-0.39, 0.29) is 11.8 Å². The number of hydrogen-bond donors (Lipinski definition) is 1. The molecule has 0 bridgehead atoms. The molecule has 2 aromatic rings. The molecular formula is C20H24N2O2. The van der Waals surface area contributed by atoms with Crippen LogP contribution in [0.2, 0.25) is 0 Å². The van der Waals surface area contributed by atoms with Crippen molar-refractivity contribution in [3.05, 3.63) is 70.8 Å². The van der Waals surface area contributed by atoms with Crippen molar-refractivity contribution in [2.75, 3.05) is 13.1 Å². The molecule has 0 aliphatic rings. The predicted octanol–water partition coefficient (Wildman–Crippen LogP) is 3.41. The van der Waals surface area contributed by atoms with Gasteiger partial charge in [-0.1, -0.05) is 29.8 Å². The van der Waals surface area contributed by atoms with Crippen LogP contribution in [0, 0.1) is 6.92 Å². The standard InChI is InChI=1S/C20H24N2O2/c1-4-22(5-2)20(24)18-12-10-17(11-13-18)19(23)21-14-16-8-6-15(3)7-9-16/h6-13H,4-5,14H2,1-3H3,(H,21,23). The van der Waals surface area contributed by atoms with E-state index in [1.165, 1.54) is 5.56 Å². The van der Waals surface area contributed by atoms with Gasteiger partial charge >= 0.3 is 0 Å². The van der Waals surface area contributed by atoms with Crippen LogP contribution in [0.4, 0.5) is 0 Å². The largest absolute Gasteiger partial charge is 0.348 e. The van der Waals surface area contributed by atoms with Crippen molar-refractivity contribution in [1.29, 1.82) is 0 Å². The van der Waals surface area contributed by atoms with Crippen LogP contribution < -0.4 is 5.32 Å². The van der Waals surface area contributed by atoms with E-state index in [2.05, 4.69) is 5.32 Å². The second-order valence-electron chi connectivity index (χ2n) is 5.72. The molecular weight excluding hydrogens is 300 g/mol. The average Bonchev–Trinajstić information content (AvgIpc) is 2.62. The molecule has 0 spiro atoms. The Labute approximate surface area is 143 Å². The zero-order valence-electron chi connectivity index (χ0n) is 14.5. The molecule has 0 fully saturated rings. The lowest BCUT2D eigenvalue weighted by molar-refractivity contribution is 0.0772. The third kappa shape index (κ3) is 4.44. The van der Waals surface area contributed by atoms with Gasteiger partial charge in [0.2, 0.25) is 0 Å². The number of hydrogen-bond acceptors (Lipinski definition) is 2. The summed E-state index contributed by atoms with van der Waals surface area (Å²) in [7, 11) is 0. The molecule has 0 unspecified atom stereocenters. The first-order valence-corrected chi connectivity index (χ1v) is 8.28. The molecule has 0 aromatic heterocycles. The van der Waals surface area contributed by atoms with Gasteiger partial charge in [-0.15, -0.1) is 0 Å². The number of rotatable bonds is 6. The molecule has 0 saturated heterocycles. The van der Waals surface area contributed by atoms with Crippen LogP contribution in [0.1, 0.15) is 45.7 Å². The van der Waals surface area contributed by atoms with Crippen LogP contribution in [0.5, 0.6) is 0 Å². The smallest absolute Gasteiger partial charge is 0.253 e. The van der Waals surface area contributed by atoms with E-state index in [0.29, 0.717) is 30.8 Å². The van der Waals surface area contributed by atoms with Gasteiger partial charge in [-0.2, -0.15) is 0 Å². The van der Waals surface area contributed by atoms with Crippen LogP contribution in [-0.2, 0) is 6.54 Å². The number of nitrogens with zero attached hydrogens (tertiary/aromatic N) is 1. The molecule has 0 aliphatic carbocycles. The summed E-state index contributed by atoms with van der Waals surface area (Å²) in [6, 6.07) is 14.9. The number of aryl methyl sites for hydroxylation is 1. The second-order valence-corrected chi connectivity index (χ2v) is 5.72. The zero-order valence-corrected chi connectivity index (χ0v) is 14.5. The normalized spacial score (nSPS) is 10.3. The van der Waals surface area contributed by atoms with Gasteiger partial charge in [0.15, 0.2) is 0 Å². The molecule has 2 amide bonds. The van der Waals surface area contributed by atoms with Crippen molar-refractivity contribution in [2.45, 2.75) is 27.3 Å². The minimum absolute atomic E-state index is 0.00777. The first kappa shape index (κ1) is 17.7. The lowest BCUT2D eigenvalue weighted by Crippen LogP contribution is -2.30. The monoisotopic (exact) mass is 324 g/mol. The molecule has 24 heavy (non-hydrogen) atoms. The molecule has 2 aromatic carbocycles. The maximum absolute atomic E-state index is 12.3. The van der Waals surface area contributed by atoms with E-state index < -0.39 is 0 Å². The Hall–Kier alpha value is -2.62. The number of carbonyl (C=O) groups is 2. The molecule has 0 radical (unpaired) electrons. The fourth-order valence-corrected chi connectivity index (χ4v) is 2.45. The van der Waals surface area contributed by atoms with Crippen LogP contribution in [0.15, 0.2) is 48.5 Å². The molecule has 0 heterocycles. The Balaban J connectivity index is 1.98. The van der Waals surface area contributed by atoms with E-state index in [1.54, 1.807) is 29.2 Å². The summed E-state index contributed by atoms with van der Waals surface area (Å²) in [5.41, 5.74) is 3.41. The topological polar surface area (TPSA) is 49.4 Å². The van der Waals surface area contributed by atoms with E-state index in [9.17, 15) is 9.59 Å². The summed E-state index contributed by atoms with van der Waals surface area (Å²) < 4.78 is 0. The minimum Gasteiger partial charge on any atom is -0.348 e. The van der Waals surface area contributed by atoms with Crippen LogP contribution in [0.3, 0.4) is 0 Å². The van der Waals surface area contributed by atoms with Crippen molar-refractivity contribution in [3.8, 4) is 0 Å². The molecule has 1 N–H and O–H groups in total. The van der Waals surface area contributed by atoms with Crippen molar-refractivity contribution in [3.63, 3.8) is 0 Å². The number of nitrogens with one attached hydrogen (secondary N) is 1. The quantitative estimate of drug-likeness (QED) is 0.885. The lowest BCUT2D eigenvalue weighted by atomic mass is 10.1. The highest BCUT2D eigenvalue weighted by Crippen LogP contribution is 2.09. The van der Waals surface area contributed by atoms with Gasteiger partial charge in [0.05, 0.1) is 0 Å². The van der Waals surface area contributed by atoms with Gasteiger partial charge in [0.1, 0.15) is 0 Å². The molecule has 0 aliphatic heterocycles. The maximum Gasteiger partial charge on any atom is 0.253 e. The van der Waals surface area contributed by atoms with Gasteiger partial charge in [0.25, 0.3) is 11.8 Å². The first-order chi connectivity index (χ1) is 11.5. The highest BCUT2D eigenvalue weighted by Gasteiger charge is 2.13. The van der Waals surface area contributed by atoms with Gasteiger partial charge in [-0.3, -0.25) is 9.59 Å². The summed E-state index contributed by atoms with van der Waals surface area (Å²) in [6.07, 6.45) is 0. The third-order valence-corrected chi connectivity index (χ3v) is 4.02. The Bertz CT molecular complexity index is 687. The molecule has 4 nitrogen and oxygen atoms in total. The average molecular weight is 324 g/mol. The van der Waals surface area contributed by atoms with Gasteiger partial charge in [0, 0.05) is 30.8 Å². The number of benzene rings is 2. The SMILES string of the molecule is CCN(CC)C(=O)c1ccc(C(=O)NCc2ccc(C)cc2)cc1. The third-order valence-electron chi connectivity index (χ3n) is 4.02. The number of amides is 2. The second kappa shape index (κ2) is 8.29. The fourth-order valence-electron chi connectivity index (χ4n) is 2.45. The van der Waals surface area contributed by atoms with E-state index >= 15 is 0 Å². The van der Waals surface area contributed by atoms with Crippen molar-refractivity contribution >= 4 is 11.8 Å². The lowest BCUT2D eigenvalue weighted by Gasteiger charge is -2.18. The van der Waals surface area contributed by atoms with Gasteiger partial charge in [-0.25, -0.2) is 0 Å². The van der Waals surface area contributed by atoms with Crippen molar-refractivity contribution in [2.24, 2.45) is 0 Å². The summed E-state index contributed by atoms with van der Waals surface area (Å²) in [5, 5.41) is 2.89. The van der Waals surface area contributed by atoms with Gasteiger partial charge < -0.3 is 10.2 Å². The highest BCUT2D eigenvalue weighted by molar-refractivity contribution is 5.97. The molecule has 126 valence electrons. The summed E-state index contributed by atoms with van der Waals surface area (Å²) in [6.45, 7) is 7.77. The van der Waals surface area contributed by atoms with Crippen molar-refractivity contribution in [1.82, 2.24) is 10.2 Å². The first-order valence-electron chi connectivity index (χ1n) is 8.28. The minimum atomic E-state index is -0.141. The van der Waals surface area contributed by atoms with Crippen LogP contribution >= 0.6 is 0 Å². The predicted molar refractivity (Wildman–Crippen MR) is 96.0 cm³/mol. The van der Waals surface area contributed by atoms with E-state index in [1.807, 2.05) is 45.0 Å². The maximum atomic E-state index is 12.3. The van der Waals surface area contributed by atoms with Crippen LogP contribution in [0.25, 0.3) is 0 Å². The number of carbonyl (C=O) groups excluding carboxylic acids is 2. The summed E-state index contributed by atoms with van der Waals surface area (Å²) >= 11 is 0. The molecule has 0 atom stereocenters. The Kier molecular flexibility index (Phi) is 6.13. The molecule has 2 rings (SSSR count). The van der Waals surface area contributed by atoms with Gasteiger partial charge in [-0.05, 0) is 50.6 Å².